The number of para-hydroxylation sites is 1. The van der Waals surface area contributed by atoms with Gasteiger partial charge in [-0.15, -0.1) is 0 Å². The van der Waals surface area contributed by atoms with E-state index in [1.54, 1.807) is 31.2 Å². The number of carbonyl (C=O) groups excluding carboxylic acids is 1. The van der Waals surface area contributed by atoms with Gasteiger partial charge in [-0.2, -0.15) is 0 Å². The molecular formula is C19H14BrN2NaO4S. The van der Waals surface area contributed by atoms with E-state index in [9.17, 15) is 13.2 Å². The number of ether oxygens (including phenoxy) is 1. The van der Waals surface area contributed by atoms with Crippen molar-refractivity contribution in [3.8, 4) is 11.6 Å². The Morgan fingerprint density at radius 2 is 1.79 bits per heavy atom. The summed E-state index contributed by atoms with van der Waals surface area (Å²) in [6, 6.07) is 16.6. The molecule has 138 valence electrons. The molecule has 0 atom stereocenters. The molecule has 1 heterocycles. The van der Waals surface area contributed by atoms with E-state index in [0.717, 1.165) is 10.7 Å². The summed E-state index contributed by atoms with van der Waals surface area (Å²) in [6.07, 6.45) is 1.11. The van der Waals surface area contributed by atoms with Crippen molar-refractivity contribution in [2.24, 2.45) is 0 Å². The molecule has 0 saturated carbocycles. The van der Waals surface area contributed by atoms with E-state index < -0.39 is 15.9 Å². The molecule has 0 spiro atoms. The van der Waals surface area contributed by atoms with Crippen LogP contribution in [0.2, 0.25) is 0 Å². The minimum Gasteiger partial charge on any atom is -0.537 e. The van der Waals surface area contributed by atoms with Gasteiger partial charge in [0.25, 0.3) is 0 Å². The van der Waals surface area contributed by atoms with Gasteiger partial charge in [0.15, 0.2) is 0 Å². The van der Waals surface area contributed by atoms with E-state index in [2.05, 4.69) is 25.6 Å². The van der Waals surface area contributed by atoms with E-state index >= 15 is 0 Å². The van der Waals surface area contributed by atoms with Crippen molar-refractivity contribution in [2.75, 3.05) is 0 Å². The van der Waals surface area contributed by atoms with Crippen molar-refractivity contribution >= 4 is 31.9 Å². The smallest absolute Gasteiger partial charge is 0.537 e. The van der Waals surface area contributed by atoms with Gasteiger partial charge >= 0.3 is 29.6 Å². The first-order valence-corrected chi connectivity index (χ1v) is 10.1. The third kappa shape index (κ3) is 5.65. The summed E-state index contributed by atoms with van der Waals surface area (Å²) in [4.78, 5) is 16.0. The van der Waals surface area contributed by atoms with Crippen LogP contribution in [0.4, 0.5) is 0 Å². The summed E-state index contributed by atoms with van der Waals surface area (Å²) >= 11 is 3.29. The largest absolute Gasteiger partial charge is 1.00 e. The van der Waals surface area contributed by atoms with Crippen molar-refractivity contribution in [1.29, 1.82) is 0 Å². The first kappa shape index (κ1) is 22.6. The molecule has 0 bridgehead atoms. The van der Waals surface area contributed by atoms with E-state index in [4.69, 9.17) is 4.74 Å². The average Bonchev–Trinajstić information content (AvgIpc) is 2.62. The third-order valence-corrected chi connectivity index (χ3v) is 5.33. The van der Waals surface area contributed by atoms with Crippen molar-refractivity contribution in [1.82, 2.24) is 4.98 Å². The first-order chi connectivity index (χ1) is 12.8. The predicted molar refractivity (Wildman–Crippen MR) is 105 cm³/mol. The van der Waals surface area contributed by atoms with Gasteiger partial charge < -0.3 is 14.3 Å². The standard InChI is InChI=1S/C19H15BrN2O4S.Na/c1-13-11-14(20)7-9-17(13)19(23)22-27(24,25)16-8-10-18(21-12-16)26-15-5-3-2-4-6-15;/h2-12H,1H3,(H,22,23);/q;+1/p-1. The minimum atomic E-state index is -4.18. The van der Waals surface area contributed by atoms with Crippen molar-refractivity contribution in [3.05, 3.63) is 87.2 Å². The van der Waals surface area contributed by atoms with Gasteiger partial charge in [-0.3, -0.25) is 0 Å². The Bertz CT molecular complexity index is 1070. The number of hydrogen-bond donors (Lipinski definition) is 0. The number of halogens is 1. The van der Waals surface area contributed by atoms with Gasteiger partial charge in [0.05, 0.1) is 10.8 Å². The third-order valence-electron chi connectivity index (χ3n) is 3.59. The molecular weight excluding hydrogens is 455 g/mol. The Kier molecular flexibility index (Phi) is 7.79. The summed E-state index contributed by atoms with van der Waals surface area (Å²) in [7, 11) is -4.18. The minimum absolute atomic E-state index is 0. The fourth-order valence-electron chi connectivity index (χ4n) is 2.27. The Hall–Kier alpha value is -1.71. The van der Waals surface area contributed by atoms with Crippen LogP contribution < -0.4 is 34.3 Å². The summed E-state index contributed by atoms with van der Waals surface area (Å²) < 4.78 is 34.5. The molecule has 2 aromatic carbocycles. The molecule has 3 rings (SSSR count). The quantitative estimate of drug-likeness (QED) is 0.533. The molecule has 6 nitrogen and oxygen atoms in total. The second-order valence-corrected chi connectivity index (χ2v) is 8.10. The van der Waals surface area contributed by atoms with E-state index in [1.807, 2.05) is 18.2 Å². The van der Waals surface area contributed by atoms with Gasteiger partial charge in [-0.1, -0.05) is 40.2 Å². The number of benzene rings is 2. The van der Waals surface area contributed by atoms with Gasteiger partial charge in [0.2, 0.25) is 5.88 Å². The number of aryl methyl sites for hydroxylation is 1. The predicted octanol–water partition coefficient (Wildman–Crippen LogP) is 1.85. The molecule has 28 heavy (non-hydrogen) atoms. The molecule has 3 aromatic rings. The van der Waals surface area contributed by atoms with E-state index in [1.165, 1.54) is 18.2 Å². The number of rotatable bonds is 5. The fourth-order valence-corrected chi connectivity index (χ4v) is 3.59. The van der Waals surface area contributed by atoms with Crippen LogP contribution in [0.5, 0.6) is 11.6 Å². The molecule has 0 aliphatic heterocycles. The molecule has 1 aromatic heterocycles. The maximum absolute atomic E-state index is 12.4. The van der Waals surface area contributed by atoms with Crippen molar-refractivity contribution in [3.63, 3.8) is 0 Å². The van der Waals surface area contributed by atoms with Crippen LogP contribution in [-0.2, 0) is 10.0 Å². The number of nitrogens with zero attached hydrogens (tertiary/aromatic N) is 2. The van der Waals surface area contributed by atoms with Crippen LogP contribution in [0, 0.1) is 6.92 Å². The van der Waals surface area contributed by atoms with Gasteiger partial charge in [0, 0.05) is 22.3 Å². The molecule has 0 aliphatic rings. The zero-order valence-corrected chi connectivity index (χ0v) is 19.6. The number of carbonyl (C=O) groups is 1. The molecule has 0 fully saturated rings. The monoisotopic (exact) mass is 468 g/mol. The normalized spacial score (nSPS) is 10.6. The Labute approximate surface area is 193 Å². The first-order valence-electron chi connectivity index (χ1n) is 7.82. The maximum atomic E-state index is 12.4. The molecule has 0 N–H and O–H groups in total. The second-order valence-electron chi connectivity index (χ2n) is 5.58. The Morgan fingerprint density at radius 1 is 1.07 bits per heavy atom. The summed E-state index contributed by atoms with van der Waals surface area (Å²) in [5.41, 5.74) is 0.844. The Balaban J connectivity index is 0.00000280. The van der Waals surface area contributed by atoms with Gasteiger partial charge in [0.1, 0.15) is 15.8 Å². The van der Waals surface area contributed by atoms with Crippen molar-refractivity contribution in [2.45, 2.75) is 11.8 Å². The molecule has 9 heteroatoms. The van der Waals surface area contributed by atoms with Crippen LogP contribution in [0.1, 0.15) is 15.9 Å². The zero-order valence-electron chi connectivity index (χ0n) is 15.2. The number of sulfonamides is 1. The second kappa shape index (κ2) is 9.67. The maximum Gasteiger partial charge on any atom is 1.00 e. The molecule has 0 aliphatic carbocycles. The summed E-state index contributed by atoms with van der Waals surface area (Å²) in [5, 5.41) is 0. The van der Waals surface area contributed by atoms with Crippen molar-refractivity contribution < 1.29 is 47.5 Å². The molecule has 1 amide bonds. The fraction of sp³-hybridized carbons (Fsp3) is 0.0526. The molecule has 0 unspecified atom stereocenters. The van der Waals surface area contributed by atoms with Gasteiger partial charge in [-0.05, 0) is 42.8 Å². The van der Waals surface area contributed by atoms with Gasteiger partial charge in [-0.25, -0.2) is 13.4 Å². The number of aromatic nitrogens is 1. The summed E-state index contributed by atoms with van der Waals surface area (Å²) in [6.45, 7) is 1.71. The topological polar surface area (TPSA) is 87.4 Å². The van der Waals surface area contributed by atoms with Crippen LogP contribution in [-0.4, -0.2) is 19.3 Å². The Morgan fingerprint density at radius 3 is 2.39 bits per heavy atom. The van der Waals surface area contributed by atoms with Crippen LogP contribution in [0.25, 0.3) is 4.72 Å². The molecule has 0 saturated heterocycles. The number of amides is 1. The summed E-state index contributed by atoms with van der Waals surface area (Å²) in [5.74, 6) is -0.0222. The SMILES string of the molecule is Cc1cc(Br)ccc1C(=O)[N-]S(=O)(=O)c1ccc(Oc2ccccc2)nc1.[Na+]. The molecule has 0 radical (unpaired) electrons. The van der Waals surface area contributed by atoms with Crippen LogP contribution in [0.15, 0.2) is 76.2 Å². The van der Waals surface area contributed by atoms with Crippen LogP contribution >= 0.6 is 15.9 Å². The zero-order chi connectivity index (χ0) is 19.4. The number of pyridine rings is 1. The van der Waals surface area contributed by atoms with E-state index in [-0.39, 0.29) is 45.9 Å². The number of hydrogen-bond acceptors (Lipinski definition) is 5. The average molecular weight is 469 g/mol. The van der Waals surface area contributed by atoms with E-state index in [0.29, 0.717) is 11.3 Å². The van der Waals surface area contributed by atoms with Crippen LogP contribution in [0.3, 0.4) is 0 Å².